The van der Waals surface area contributed by atoms with Crippen LogP contribution in [0.4, 0.5) is 5.69 Å². The van der Waals surface area contributed by atoms with Gasteiger partial charge in [-0.3, -0.25) is 14.9 Å². The van der Waals surface area contributed by atoms with Gasteiger partial charge in [0.05, 0.1) is 11.3 Å². The number of carbonyl (C=O) groups excluding carboxylic acids is 1. The van der Waals surface area contributed by atoms with Gasteiger partial charge in [-0.1, -0.05) is 5.92 Å². The summed E-state index contributed by atoms with van der Waals surface area (Å²) in [6.45, 7) is 0. The van der Waals surface area contributed by atoms with Gasteiger partial charge in [0, 0.05) is 17.7 Å². The first kappa shape index (κ1) is 14.2. The van der Waals surface area contributed by atoms with Gasteiger partial charge in [-0.05, 0) is 28.7 Å². The van der Waals surface area contributed by atoms with Crippen LogP contribution in [0.2, 0.25) is 0 Å². The Balaban J connectivity index is 2.84. The van der Waals surface area contributed by atoms with E-state index in [4.69, 9.17) is 11.2 Å². The van der Waals surface area contributed by atoms with Crippen LogP contribution < -0.4 is 0 Å². The summed E-state index contributed by atoms with van der Waals surface area (Å²) >= 11 is 1.74. The molecule has 0 spiro atoms. The Kier molecular flexibility index (Phi) is 4.91. The van der Waals surface area contributed by atoms with Crippen molar-refractivity contribution in [1.82, 2.24) is 0 Å². The predicted molar refractivity (Wildman–Crippen MR) is 71.2 cm³/mol. The molecule has 0 aliphatic rings. The summed E-state index contributed by atoms with van der Waals surface area (Å²) in [5, 5.41) is 20.0. The normalized spacial score (nSPS) is 11.3. The molecule has 6 nitrogen and oxygen atoms in total. The molecule has 1 atom stereocenters. The third-order valence-electron chi connectivity index (χ3n) is 1.97. The number of nitro benzene ring substituents is 1. The molecule has 0 aliphatic heterocycles. The zero-order chi connectivity index (χ0) is 13.7. The second kappa shape index (κ2) is 6.20. The quantitative estimate of drug-likeness (QED) is 0.221. The van der Waals surface area contributed by atoms with Crippen LogP contribution in [0.15, 0.2) is 18.2 Å². The number of alkyl halides is 1. The van der Waals surface area contributed by atoms with E-state index in [0.717, 1.165) is 18.2 Å². The number of benzene rings is 1. The number of carbonyl (C=O) groups is 1. The summed E-state index contributed by atoms with van der Waals surface area (Å²) in [5.74, 6) is 1.33. The fourth-order valence-corrected chi connectivity index (χ4v) is 1.46. The average Bonchev–Trinajstić information content (AvgIpc) is 2.31. The third kappa shape index (κ3) is 3.89. The molecule has 18 heavy (non-hydrogen) atoms. The number of aromatic hydroxyl groups is 1. The predicted octanol–water partition coefficient (Wildman–Crippen LogP) is 1.78. The lowest BCUT2D eigenvalue weighted by molar-refractivity contribution is -0.384. The molecule has 0 bridgehead atoms. The van der Waals surface area contributed by atoms with Crippen molar-refractivity contribution < 1.29 is 19.6 Å². The summed E-state index contributed by atoms with van der Waals surface area (Å²) < 4.78 is 4.08. The number of rotatable bonds is 4. The number of hydrogen-bond donors (Lipinski definition) is 1. The van der Waals surface area contributed by atoms with Gasteiger partial charge < -0.3 is 9.84 Å². The Morgan fingerprint density at radius 2 is 2.33 bits per heavy atom. The molecule has 7 heteroatoms. The van der Waals surface area contributed by atoms with Crippen molar-refractivity contribution in [1.29, 1.82) is 0 Å². The van der Waals surface area contributed by atoms with Crippen LogP contribution in [0.3, 0.4) is 0 Å². The maximum Gasteiger partial charge on any atom is 0.312 e. The molecule has 1 aromatic rings. The third-order valence-corrected chi connectivity index (χ3v) is 2.59. The smallest absolute Gasteiger partial charge is 0.312 e. The van der Waals surface area contributed by atoms with Gasteiger partial charge in [-0.25, -0.2) is 0 Å². The Morgan fingerprint density at radius 3 is 2.89 bits per heavy atom. The van der Waals surface area contributed by atoms with E-state index in [-0.39, 0.29) is 23.4 Å². The second-order valence-electron chi connectivity index (χ2n) is 3.22. The largest absolute Gasteiger partial charge is 0.508 e. The number of terminal acetylenes is 1. The Labute approximate surface area is 116 Å². The number of phenols is 1. The fourth-order valence-electron chi connectivity index (χ4n) is 1.17. The molecule has 0 aliphatic carbocycles. The molecule has 0 saturated heterocycles. The number of nitro groups is 1. The van der Waals surface area contributed by atoms with Crippen LogP contribution >= 0.6 is 22.6 Å². The Morgan fingerprint density at radius 1 is 1.67 bits per heavy atom. The van der Waals surface area contributed by atoms with Crippen LogP contribution in [0.1, 0.15) is 5.56 Å². The molecular formula is C11H8INO5. The molecule has 94 valence electrons. The number of non-ortho nitro benzene ring substituents is 1. The van der Waals surface area contributed by atoms with Crippen molar-refractivity contribution in [2.24, 2.45) is 0 Å². The van der Waals surface area contributed by atoms with E-state index in [2.05, 4.69) is 5.92 Å². The van der Waals surface area contributed by atoms with Gasteiger partial charge in [0.2, 0.25) is 4.11 Å². The van der Waals surface area contributed by atoms with Crippen LogP contribution in [0, 0.1) is 22.5 Å². The van der Waals surface area contributed by atoms with Gasteiger partial charge in [-0.15, -0.1) is 6.42 Å². The minimum atomic E-state index is -0.712. The highest BCUT2D eigenvalue weighted by Crippen LogP contribution is 2.23. The van der Waals surface area contributed by atoms with Gasteiger partial charge in [0.25, 0.3) is 5.69 Å². The molecule has 1 aromatic carbocycles. The molecule has 0 amide bonds. The van der Waals surface area contributed by atoms with Crippen molar-refractivity contribution in [3.05, 3.63) is 33.9 Å². The minimum Gasteiger partial charge on any atom is -0.508 e. The molecule has 1 N–H and O–H groups in total. The van der Waals surface area contributed by atoms with E-state index in [1.165, 1.54) is 0 Å². The summed E-state index contributed by atoms with van der Waals surface area (Å²) in [7, 11) is 0. The number of nitrogens with zero attached hydrogens (tertiary/aromatic N) is 1. The molecule has 1 unspecified atom stereocenters. The zero-order valence-corrected chi connectivity index (χ0v) is 11.2. The first-order valence-corrected chi connectivity index (χ1v) is 5.94. The fraction of sp³-hybridized carbons (Fsp3) is 0.182. The molecule has 1 rings (SSSR count). The van der Waals surface area contributed by atoms with E-state index >= 15 is 0 Å². The minimum absolute atomic E-state index is 0.120. The number of hydrogen-bond acceptors (Lipinski definition) is 5. The van der Waals surface area contributed by atoms with Crippen molar-refractivity contribution >= 4 is 34.2 Å². The highest BCUT2D eigenvalue weighted by molar-refractivity contribution is 14.1. The molecule has 0 heterocycles. The van der Waals surface area contributed by atoms with Crippen LogP contribution in [-0.4, -0.2) is 20.1 Å². The van der Waals surface area contributed by atoms with Crippen molar-refractivity contribution in [3.63, 3.8) is 0 Å². The highest BCUT2D eigenvalue weighted by Gasteiger charge is 2.15. The maximum absolute atomic E-state index is 11.4. The van der Waals surface area contributed by atoms with Gasteiger partial charge in [0.1, 0.15) is 5.75 Å². The van der Waals surface area contributed by atoms with Crippen LogP contribution in [0.25, 0.3) is 0 Å². The lowest BCUT2D eigenvalue weighted by atomic mass is 10.1. The van der Waals surface area contributed by atoms with E-state index in [0.29, 0.717) is 0 Å². The Bertz CT molecular complexity index is 523. The van der Waals surface area contributed by atoms with Crippen LogP contribution in [0.5, 0.6) is 5.75 Å². The molecule has 0 radical (unpaired) electrons. The summed E-state index contributed by atoms with van der Waals surface area (Å²) in [5.41, 5.74) is -0.0894. The van der Waals surface area contributed by atoms with E-state index in [9.17, 15) is 20.0 Å². The number of halogens is 1. The van der Waals surface area contributed by atoms with E-state index in [1.807, 2.05) is 0 Å². The molecule has 0 saturated carbocycles. The van der Waals surface area contributed by atoms with Gasteiger partial charge in [-0.2, -0.15) is 0 Å². The van der Waals surface area contributed by atoms with E-state index in [1.54, 1.807) is 22.6 Å². The molecule has 0 fully saturated rings. The van der Waals surface area contributed by atoms with Crippen molar-refractivity contribution in [3.8, 4) is 18.1 Å². The average molecular weight is 361 g/mol. The summed E-state index contributed by atoms with van der Waals surface area (Å²) in [6.07, 6.45) is 4.75. The van der Waals surface area contributed by atoms with E-state index < -0.39 is 15.0 Å². The topological polar surface area (TPSA) is 89.7 Å². The first-order chi connectivity index (χ1) is 8.43. The molecule has 0 aromatic heterocycles. The summed E-state index contributed by atoms with van der Waals surface area (Å²) in [6, 6.07) is 3.42. The van der Waals surface area contributed by atoms with Gasteiger partial charge >= 0.3 is 5.97 Å². The first-order valence-electron chi connectivity index (χ1n) is 4.70. The standard InChI is InChI=1S/C11H8INO5/c1-2-10(12)18-11(15)6-7-5-8(13(16)17)3-4-9(7)14/h1,3-5,10,14H,6H2. The SMILES string of the molecule is C#CC(I)OC(=O)Cc1cc([N+](=O)[O-])ccc1O. The van der Waals surface area contributed by atoms with Gasteiger partial charge in [0.15, 0.2) is 0 Å². The maximum atomic E-state index is 11.4. The number of ether oxygens (including phenoxy) is 1. The second-order valence-corrected chi connectivity index (χ2v) is 4.35. The lowest BCUT2D eigenvalue weighted by Gasteiger charge is -2.07. The monoisotopic (exact) mass is 361 g/mol. The lowest BCUT2D eigenvalue weighted by Crippen LogP contribution is -2.13. The molecular weight excluding hydrogens is 353 g/mol. The number of phenolic OH excluding ortho intramolecular Hbond substituents is 1. The summed E-state index contributed by atoms with van der Waals surface area (Å²) in [4.78, 5) is 21.4. The Hall–Kier alpha value is -1.82. The number of esters is 1. The highest BCUT2D eigenvalue weighted by atomic mass is 127. The van der Waals surface area contributed by atoms with Crippen molar-refractivity contribution in [2.45, 2.75) is 10.5 Å². The zero-order valence-electron chi connectivity index (χ0n) is 9.00. The van der Waals surface area contributed by atoms with Crippen molar-refractivity contribution in [2.75, 3.05) is 0 Å². The van der Waals surface area contributed by atoms with Crippen LogP contribution in [-0.2, 0) is 16.0 Å².